The first kappa shape index (κ1) is 36.5. The maximum Gasteiger partial charge on any atom is 0.264 e. The summed E-state index contributed by atoms with van der Waals surface area (Å²) in [5.74, 6) is -1.19. The first-order valence-electron chi connectivity index (χ1n) is 15.6. The summed E-state index contributed by atoms with van der Waals surface area (Å²) in [6, 6.07) is 27.0. The molecule has 0 fully saturated rings. The number of hydrogen-bond acceptors (Lipinski definition) is 6. The van der Waals surface area contributed by atoms with Gasteiger partial charge in [0, 0.05) is 23.4 Å². The van der Waals surface area contributed by atoms with Gasteiger partial charge in [-0.2, -0.15) is 0 Å². The lowest BCUT2D eigenvalue weighted by Gasteiger charge is -2.35. The number of rotatable bonds is 14. The molecule has 0 aliphatic rings. The summed E-state index contributed by atoms with van der Waals surface area (Å²) in [6.45, 7) is 6.88. The summed E-state index contributed by atoms with van der Waals surface area (Å²) in [6.07, 6.45) is 2.05. The smallest absolute Gasteiger partial charge is 0.264 e. The van der Waals surface area contributed by atoms with Gasteiger partial charge >= 0.3 is 0 Å². The van der Waals surface area contributed by atoms with Gasteiger partial charge in [0.2, 0.25) is 11.8 Å². The Labute approximate surface area is 287 Å². The standard InChI is InChI=1S/C37H42FN3O5S2/c1-6-46-34-15-11-10-14-32(34)41(48(44,45)31-22-20-30(47-5)21-23-31)26-35(42)40(25-28-16-18-29(38)19-17-28)33(36(43)39-37(2,3)4)24-27-12-8-7-9-13-27/h7-23,33H,6,24-26H2,1-5H3,(H,39,43)/t33-/m0/s1. The van der Waals surface area contributed by atoms with Crippen molar-refractivity contribution < 1.29 is 27.1 Å². The van der Waals surface area contributed by atoms with E-state index < -0.39 is 45.8 Å². The molecular formula is C37H42FN3O5S2. The second-order valence-electron chi connectivity index (χ2n) is 12.2. The lowest BCUT2D eigenvalue weighted by molar-refractivity contribution is -0.140. The van der Waals surface area contributed by atoms with Crippen molar-refractivity contribution in [3.63, 3.8) is 0 Å². The van der Waals surface area contributed by atoms with Gasteiger partial charge in [0.05, 0.1) is 17.2 Å². The Balaban J connectivity index is 1.85. The molecule has 0 radical (unpaired) electrons. The van der Waals surface area contributed by atoms with Crippen molar-refractivity contribution in [3.05, 3.63) is 120 Å². The van der Waals surface area contributed by atoms with Crippen LogP contribution in [0.5, 0.6) is 5.75 Å². The van der Waals surface area contributed by atoms with E-state index in [9.17, 15) is 22.4 Å². The van der Waals surface area contributed by atoms with Crippen LogP contribution in [0, 0.1) is 5.82 Å². The molecular weight excluding hydrogens is 650 g/mol. The summed E-state index contributed by atoms with van der Waals surface area (Å²) in [5, 5.41) is 3.00. The summed E-state index contributed by atoms with van der Waals surface area (Å²) >= 11 is 1.48. The predicted molar refractivity (Wildman–Crippen MR) is 189 cm³/mol. The molecule has 4 aromatic rings. The molecule has 0 spiro atoms. The van der Waals surface area contributed by atoms with Crippen LogP contribution in [0.1, 0.15) is 38.8 Å². The molecule has 48 heavy (non-hydrogen) atoms. The van der Waals surface area contributed by atoms with E-state index in [1.807, 2.05) is 57.4 Å². The fourth-order valence-corrected chi connectivity index (χ4v) is 6.96. The molecule has 0 aliphatic heterocycles. The van der Waals surface area contributed by atoms with E-state index in [1.165, 1.54) is 40.9 Å². The quantitative estimate of drug-likeness (QED) is 0.148. The van der Waals surface area contributed by atoms with Crippen LogP contribution >= 0.6 is 11.8 Å². The zero-order valence-corrected chi connectivity index (χ0v) is 29.5. The number of benzene rings is 4. The van der Waals surface area contributed by atoms with Crippen molar-refractivity contribution in [2.75, 3.05) is 23.7 Å². The number of ether oxygens (including phenoxy) is 1. The Morgan fingerprint density at radius 2 is 1.50 bits per heavy atom. The van der Waals surface area contributed by atoms with Gasteiger partial charge in [-0.1, -0.05) is 54.6 Å². The fraction of sp³-hybridized carbons (Fsp3) is 0.297. The molecule has 254 valence electrons. The summed E-state index contributed by atoms with van der Waals surface area (Å²) in [7, 11) is -4.31. The third-order valence-electron chi connectivity index (χ3n) is 7.40. The Morgan fingerprint density at radius 1 is 0.875 bits per heavy atom. The van der Waals surface area contributed by atoms with Gasteiger partial charge in [0.25, 0.3) is 10.0 Å². The minimum atomic E-state index is -4.31. The Morgan fingerprint density at radius 3 is 2.10 bits per heavy atom. The Kier molecular flexibility index (Phi) is 12.3. The first-order valence-corrected chi connectivity index (χ1v) is 18.3. The lowest BCUT2D eigenvalue weighted by atomic mass is 10.0. The van der Waals surface area contributed by atoms with Crippen LogP contribution in [0.3, 0.4) is 0 Å². The molecule has 0 unspecified atom stereocenters. The number of sulfonamides is 1. The molecule has 0 aromatic heterocycles. The number of amides is 2. The minimum Gasteiger partial charge on any atom is -0.492 e. The number of halogens is 1. The van der Waals surface area contributed by atoms with E-state index in [2.05, 4.69) is 5.32 Å². The third kappa shape index (κ3) is 9.60. The highest BCUT2D eigenvalue weighted by molar-refractivity contribution is 7.98. The van der Waals surface area contributed by atoms with E-state index in [-0.39, 0.29) is 35.9 Å². The third-order valence-corrected chi connectivity index (χ3v) is 9.91. The predicted octanol–water partition coefficient (Wildman–Crippen LogP) is 6.70. The van der Waals surface area contributed by atoms with E-state index in [0.29, 0.717) is 5.56 Å². The average Bonchev–Trinajstić information content (AvgIpc) is 3.06. The number of thioether (sulfide) groups is 1. The molecule has 8 nitrogen and oxygen atoms in total. The molecule has 4 rings (SSSR count). The van der Waals surface area contributed by atoms with E-state index in [0.717, 1.165) is 14.8 Å². The largest absolute Gasteiger partial charge is 0.492 e. The number of anilines is 1. The van der Waals surface area contributed by atoms with Crippen LogP contribution in [0.4, 0.5) is 10.1 Å². The molecule has 0 heterocycles. The summed E-state index contributed by atoms with van der Waals surface area (Å²) in [5.41, 5.74) is 0.944. The maximum absolute atomic E-state index is 14.7. The van der Waals surface area contributed by atoms with Gasteiger partial charge in [-0.3, -0.25) is 13.9 Å². The normalized spacial score (nSPS) is 12.2. The monoisotopic (exact) mass is 691 g/mol. The molecule has 2 amide bonds. The van der Waals surface area contributed by atoms with Gasteiger partial charge in [-0.05, 0) is 93.6 Å². The second kappa shape index (κ2) is 16.2. The van der Waals surface area contributed by atoms with Crippen LogP contribution in [-0.2, 0) is 32.6 Å². The number of carbonyl (C=O) groups excluding carboxylic acids is 2. The fourth-order valence-electron chi connectivity index (χ4n) is 5.12. The summed E-state index contributed by atoms with van der Waals surface area (Å²) < 4.78 is 49.6. The zero-order valence-electron chi connectivity index (χ0n) is 27.9. The SMILES string of the molecule is CCOc1ccccc1N(CC(=O)N(Cc1ccc(F)cc1)[C@@H](Cc1ccccc1)C(=O)NC(C)(C)C)S(=O)(=O)c1ccc(SC)cc1. The van der Waals surface area contributed by atoms with Gasteiger partial charge in [-0.15, -0.1) is 11.8 Å². The van der Waals surface area contributed by atoms with Crippen LogP contribution in [0.2, 0.25) is 0 Å². The number of para-hydroxylation sites is 2. The van der Waals surface area contributed by atoms with Crippen molar-refractivity contribution in [2.45, 2.75) is 62.0 Å². The van der Waals surface area contributed by atoms with Gasteiger partial charge in [0.1, 0.15) is 24.2 Å². The van der Waals surface area contributed by atoms with Crippen molar-refractivity contribution in [1.29, 1.82) is 0 Å². The molecule has 1 atom stereocenters. The minimum absolute atomic E-state index is 0.00389. The maximum atomic E-state index is 14.7. The second-order valence-corrected chi connectivity index (χ2v) is 14.9. The molecule has 0 saturated carbocycles. The zero-order chi connectivity index (χ0) is 34.9. The molecule has 1 N–H and O–H groups in total. The van der Waals surface area contributed by atoms with Crippen LogP contribution in [-0.4, -0.2) is 56.1 Å². The van der Waals surface area contributed by atoms with Crippen molar-refractivity contribution in [2.24, 2.45) is 0 Å². The molecule has 0 saturated heterocycles. The number of nitrogens with zero attached hydrogens (tertiary/aromatic N) is 2. The number of hydrogen-bond donors (Lipinski definition) is 1. The van der Waals surface area contributed by atoms with Gasteiger partial charge < -0.3 is 15.0 Å². The van der Waals surface area contributed by atoms with Crippen molar-refractivity contribution in [3.8, 4) is 5.75 Å². The van der Waals surface area contributed by atoms with Crippen molar-refractivity contribution in [1.82, 2.24) is 10.2 Å². The topological polar surface area (TPSA) is 96.0 Å². The van der Waals surface area contributed by atoms with Crippen LogP contribution < -0.4 is 14.4 Å². The number of carbonyl (C=O) groups is 2. The highest BCUT2D eigenvalue weighted by atomic mass is 32.2. The van der Waals surface area contributed by atoms with Crippen LogP contribution in [0.25, 0.3) is 0 Å². The molecule has 0 bridgehead atoms. The molecule has 4 aromatic carbocycles. The van der Waals surface area contributed by atoms with Crippen molar-refractivity contribution >= 4 is 39.3 Å². The van der Waals surface area contributed by atoms with Gasteiger partial charge in [0.15, 0.2) is 0 Å². The average molecular weight is 692 g/mol. The Bertz CT molecular complexity index is 1780. The molecule has 0 aliphatic carbocycles. The number of nitrogens with one attached hydrogen (secondary N) is 1. The Hall–Kier alpha value is -4.35. The van der Waals surface area contributed by atoms with Crippen LogP contribution in [0.15, 0.2) is 113 Å². The van der Waals surface area contributed by atoms with E-state index in [4.69, 9.17) is 4.74 Å². The lowest BCUT2D eigenvalue weighted by Crippen LogP contribution is -2.56. The highest BCUT2D eigenvalue weighted by Crippen LogP contribution is 2.33. The van der Waals surface area contributed by atoms with Gasteiger partial charge in [-0.25, -0.2) is 12.8 Å². The summed E-state index contributed by atoms with van der Waals surface area (Å²) in [4.78, 5) is 30.9. The van der Waals surface area contributed by atoms with E-state index >= 15 is 0 Å². The van der Waals surface area contributed by atoms with E-state index in [1.54, 1.807) is 55.5 Å². The first-order chi connectivity index (χ1) is 22.8. The highest BCUT2D eigenvalue weighted by Gasteiger charge is 2.36. The molecule has 11 heteroatoms.